The van der Waals surface area contributed by atoms with Crippen molar-refractivity contribution in [1.82, 2.24) is 15.0 Å². The minimum atomic E-state index is -0.615. The number of Topliss-reactive ketones (excluding diaryl/α,β-unsaturated/α-hetero) is 2. The van der Waals surface area contributed by atoms with Crippen molar-refractivity contribution < 1.29 is 9.59 Å². The van der Waals surface area contributed by atoms with Crippen LogP contribution >= 0.6 is 0 Å². The third-order valence-electron chi connectivity index (χ3n) is 3.53. The molecule has 3 aromatic rings. The molecule has 2 aromatic heterocycles. The van der Waals surface area contributed by atoms with Gasteiger partial charge in [-0.2, -0.15) is 0 Å². The quantitative estimate of drug-likeness (QED) is 0.546. The molecular formula is C18H15N3O2. The second-order valence-corrected chi connectivity index (χ2v) is 5.52. The maximum atomic E-state index is 12.4. The molecule has 5 nitrogen and oxygen atoms in total. The Hall–Kier alpha value is -2.95. The van der Waals surface area contributed by atoms with E-state index in [-0.39, 0.29) is 11.6 Å². The maximum Gasteiger partial charge on any atom is 0.251 e. The molecule has 0 unspecified atom stereocenters. The van der Waals surface area contributed by atoms with Crippen molar-refractivity contribution in [3.8, 4) is 0 Å². The van der Waals surface area contributed by atoms with Gasteiger partial charge in [-0.25, -0.2) is 4.98 Å². The number of carbonyl (C=O) groups excluding carboxylic acids is 2. The smallest absolute Gasteiger partial charge is 0.251 e. The Morgan fingerprint density at radius 3 is 2.39 bits per heavy atom. The molecule has 0 N–H and O–H groups in total. The predicted molar refractivity (Wildman–Crippen MR) is 86.5 cm³/mol. The Kier molecular flexibility index (Phi) is 3.93. The minimum absolute atomic E-state index is 0.167. The van der Waals surface area contributed by atoms with Crippen LogP contribution in [0.5, 0.6) is 0 Å². The van der Waals surface area contributed by atoms with Gasteiger partial charge < -0.3 is 0 Å². The monoisotopic (exact) mass is 305 g/mol. The lowest BCUT2D eigenvalue weighted by molar-refractivity contribution is 0.0814. The number of nitrogens with zero attached hydrogens (tertiary/aromatic N) is 3. The molecule has 1 aromatic carbocycles. The van der Waals surface area contributed by atoms with E-state index in [1.807, 2.05) is 19.9 Å². The second-order valence-electron chi connectivity index (χ2n) is 5.52. The number of hydrogen-bond donors (Lipinski definition) is 0. The zero-order valence-corrected chi connectivity index (χ0v) is 12.9. The van der Waals surface area contributed by atoms with E-state index in [1.54, 1.807) is 42.7 Å². The van der Waals surface area contributed by atoms with E-state index in [2.05, 4.69) is 15.0 Å². The normalized spacial score (nSPS) is 10.9. The fraction of sp³-hybridized carbons (Fsp3) is 0.167. The van der Waals surface area contributed by atoms with Crippen LogP contribution in [0.15, 0.2) is 48.8 Å². The molecule has 3 rings (SSSR count). The summed E-state index contributed by atoms with van der Waals surface area (Å²) in [4.78, 5) is 37.4. The maximum absolute atomic E-state index is 12.4. The second kappa shape index (κ2) is 6.04. The first-order valence-corrected chi connectivity index (χ1v) is 7.33. The molecule has 0 bridgehead atoms. The molecular weight excluding hydrogens is 290 g/mol. The van der Waals surface area contributed by atoms with Crippen LogP contribution in [-0.4, -0.2) is 26.5 Å². The third-order valence-corrected chi connectivity index (χ3v) is 3.53. The predicted octanol–water partition coefficient (Wildman–Crippen LogP) is 3.21. The van der Waals surface area contributed by atoms with Gasteiger partial charge >= 0.3 is 0 Å². The summed E-state index contributed by atoms with van der Waals surface area (Å²) < 4.78 is 0. The SMILES string of the molecule is CC(C)c1cccc(C(=O)C(=O)c2ccc3nccnc3c2)n1. The van der Waals surface area contributed by atoms with Crippen LogP contribution in [0.2, 0.25) is 0 Å². The van der Waals surface area contributed by atoms with E-state index in [9.17, 15) is 9.59 Å². The zero-order chi connectivity index (χ0) is 16.4. The molecule has 0 atom stereocenters. The Morgan fingerprint density at radius 1 is 0.913 bits per heavy atom. The number of ketones is 2. The first-order valence-electron chi connectivity index (χ1n) is 7.33. The van der Waals surface area contributed by atoms with E-state index >= 15 is 0 Å². The van der Waals surface area contributed by atoms with E-state index < -0.39 is 11.6 Å². The van der Waals surface area contributed by atoms with E-state index in [0.29, 0.717) is 16.6 Å². The fourth-order valence-corrected chi connectivity index (χ4v) is 2.25. The number of carbonyl (C=O) groups is 2. The van der Waals surface area contributed by atoms with E-state index in [4.69, 9.17) is 0 Å². The largest absolute Gasteiger partial charge is 0.285 e. The molecule has 0 aliphatic heterocycles. The van der Waals surface area contributed by atoms with Crippen LogP contribution < -0.4 is 0 Å². The number of hydrogen-bond acceptors (Lipinski definition) is 5. The van der Waals surface area contributed by atoms with Gasteiger partial charge in [0.25, 0.3) is 5.78 Å². The molecule has 0 aliphatic rings. The van der Waals surface area contributed by atoms with Crippen LogP contribution in [0.25, 0.3) is 11.0 Å². The van der Waals surface area contributed by atoms with Crippen LogP contribution in [-0.2, 0) is 0 Å². The van der Waals surface area contributed by atoms with Crippen molar-refractivity contribution in [1.29, 1.82) is 0 Å². The molecule has 5 heteroatoms. The van der Waals surface area contributed by atoms with Gasteiger partial charge in [-0.3, -0.25) is 19.6 Å². The van der Waals surface area contributed by atoms with Crippen LogP contribution in [0.4, 0.5) is 0 Å². The van der Waals surface area contributed by atoms with Crippen molar-refractivity contribution in [2.45, 2.75) is 19.8 Å². The highest BCUT2D eigenvalue weighted by Crippen LogP contribution is 2.15. The molecule has 114 valence electrons. The first kappa shape index (κ1) is 15.0. The lowest BCUT2D eigenvalue weighted by atomic mass is 10.0. The standard InChI is InChI=1S/C18H15N3O2/c1-11(2)13-4-3-5-15(21-13)18(23)17(22)12-6-7-14-16(10-12)20-9-8-19-14/h3-11H,1-2H3. The van der Waals surface area contributed by atoms with Gasteiger partial charge in [0.1, 0.15) is 5.69 Å². The van der Waals surface area contributed by atoms with Crippen LogP contribution in [0.3, 0.4) is 0 Å². The highest BCUT2D eigenvalue weighted by atomic mass is 16.2. The number of benzene rings is 1. The zero-order valence-electron chi connectivity index (χ0n) is 12.9. The minimum Gasteiger partial charge on any atom is -0.285 e. The average molecular weight is 305 g/mol. The number of rotatable bonds is 4. The molecule has 0 radical (unpaired) electrons. The number of aromatic nitrogens is 3. The summed E-state index contributed by atoms with van der Waals surface area (Å²) in [6, 6.07) is 10.00. The Morgan fingerprint density at radius 2 is 1.65 bits per heavy atom. The van der Waals surface area contributed by atoms with Crippen molar-refractivity contribution in [2.24, 2.45) is 0 Å². The summed E-state index contributed by atoms with van der Waals surface area (Å²) in [5.74, 6) is -1.02. The third kappa shape index (κ3) is 2.99. The average Bonchev–Trinajstić information content (AvgIpc) is 2.60. The van der Waals surface area contributed by atoms with Gasteiger partial charge in [0.2, 0.25) is 5.78 Å². The molecule has 0 amide bonds. The molecule has 0 aliphatic carbocycles. The van der Waals surface area contributed by atoms with Gasteiger partial charge in [-0.15, -0.1) is 0 Å². The van der Waals surface area contributed by atoms with Gasteiger partial charge in [0, 0.05) is 23.7 Å². The van der Waals surface area contributed by atoms with E-state index in [0.717, 1.165) is 5.69 Å². The van der Waals surface area contributed by atoms with Crippen molar-refractivity contribution in [3.63, 3.8) is 0 Å². The topological polar surface area (TPSA) is 72.8 Å². The first-order chi connectivity index (χ1) is 11.1. The molecule has 0 saturated carbocycles. The Bertz CT molecular complexity index is 903. The van der Waals surface area contributed by atoms with Crippen LogP contribution in [0.1, 0.15) is 46.3 Å². The summed E-state index contributed by atoms with van der Waals surface area (Å²) in [5.41, 5.74) is 2.50. The summed E-state index contributed by atoms with van der Waals surface area (Å²) in [6.07, 6.45) is 3.13. The number of pyridine rings is 1. The number of fused-ring (bicyclic) bond motifs is 1. The lowest BCUT2D eigenvalue weighted by Gasteiger charge is -2.06. The molecule has 0 spiro atoms. The molecule has 2 heterocycles. The van der Waals surface area contributed by atoms with Crippen LogP contribution in [0, 0.1) is 0 Å². The summed E-state index contributed by atoms with van der Waals surface area (Å²) >= 11 is 0. The highest BCUT2D eigenvalue weighted by molar-refractivity contribution is 6.49. The highest BCUT2D eigenvalue weighted by Gasteiger charge is 2.20. The Labute approximate surface area is 133 Å². The Balaban J connectivity index is 1.95. The molecule has 0 saturated heterocycles. The van der Waals surface area contributed by atoms with Gasteiger partial charge in [0.05, 0.1) is 11.0 Å². The van der Waals surface area contributed by atoms with Crippen molar-refractivity contribution in [2.75, 3.05) is 0 Å². The molecule has 0 fully saturated rings. The van der Waals surface area contributed by atoms with Gasteiger partial charge in [0.15, 0.2) is 0 Å². The summed E-state index contributed by atoms with van der Waals surface area (Å²) in [6.45, 7) is 3.97. The molecule has 23 heavy (non-hydrogen) atoms. The van der Waals surface area contributed by atoms with Gasteiger partial charge in [-0.1, -0.05) is 19.9 Å². The van der Waals surface area contributed by atoms with Crippen molar-refractivity contribution >= 4 is 22.6 Å². The lowest BCUT2D eigenvalue weighted by Crippen LogP contribution is -2.16. The van der Waals surface area contributed by atoms with E-state index in [1.165, 1.54) is 0 Å². The summed E-state index contributed by atoms with van der Waals surface area (Å²) in [5, 5.41) is 0. The van der Waals surface area contributed by atoms with Gasteiger partial charge in [-0.05, 0) is 36.2 Å². The van der Waals surface area contributed by atoms with Crippen molar-refractivity contribution in [3.05, 3.63) is 65.7 Å². The fourth-order valence-electron chi connectivity index (χ4n) is 2.25. The summed E-state index contributed by atoms with van der Waals surface area (Å²) in [7, 11) is 0.